The Morgan fingerprint density at radius 1 is 1.00 bits per heavy atom. The van der Waals surface area contributed by atoms with Crippen molar-refractivity contribution in [2.45, 2.75) is 19.9 Å². The lowest BCUT2D eigenvalue weighted by Gasteiger charge is -2.12. The number of hydrogen-bond donors (Lipinski definition) is 0. The number of rotatable bonds is 6. The van der Waals surface area contributed by atoms with Crippen LogP contribution in [0.4, 0.5) is 0 Å². The van der Waals surface area contributed by atoms with Crippen molar-refractivity contribution in [1.29, 1.82) is 0 Å². The van der Waals surface area contributed by atoms with E-state index in [4.69, 9.17) is 9.47 Å². The lowest BCUT2D eigenvalue weighted by atomic mass is 10.1. The van der Waals surface area contributed by atoms with Crippen molar-refractivity contribution in [1.82, 2.24) is 19.3 Å². The summed E-state index contributed by atoms with van der Waals surface area (Å²) in [6.07, 6.45) is 2.26. The zero-order valence-corrected chi connectivity index (χ0v) is 16.6. The van der Waals surface area contributed by atoms with Crippen LogP contribution in [0.5, 0.6) is 11.5 Å². The molecule has 2 aromatic heterocycles. The van der Waals surface area contributed by atoms with Gasteiger partial charge in [0.1, 0.15) is 11.2 Å². The average Bonchev–Trinajstić information content (AvgIpc) is 3.18. The van der Waals surface area contributed by atoms with Crippen LogP contribution in [-0.2, 0) is 13.0 Å². The molecule has 29 heavy (non-hydrogen) atoms. The van der Waals surface area contributed by atoms with Crippen LogP contribution in [0.3, 0.4) is 0 Å². The molecule has 0 fully saturated rings. The lowest BCUT2D eigenvalue weighted by molar-refractivity contribution is 0.354. The summed E-state index contributed by atoms with van der Waals surface area (Å²) < 4.78 is 14.0. The molecule has 0 spiro atoms. The summed E-state index contributed by atoms with van der Waals surface area (Å²) in [5.41, 5.74) is 2.40. The van der Waals surface area contributed by atoms with E-state index < -0.39 is 0 Å². The number of aryl methyl sites for hydroxylation is 2. The highest BCUT2D eigenvalue weighted by Crippen LogP contribution is 2.27. The smallest absolute Gasteiger partial charge is 0.264 e. The number of fused-ring (bicyclic) bond motifs is 1. The fraction of sp³-hybridized carbons (Fsp3) is 0.227. The maximum Gasteiger partial charge on any atom is 0.264 e. The highest BCUT2D eigenvalue weighted by Gasteiger charge is 2.14. The van der Waals surface area contributed by atoms with E-state index >= 15 is 0 Å². The van der Waals surface area contributed by atoms with E-state index in [1.54, 1.807) is 29.7 Å². The molecule has 7 nitrogen and oxygen atoms in total. The molecule has 0 unspecified atom stereocenters. The maximum atomic E-state index is 13.1. The molecule has 4 rings (SSSR count). The Balaban J connectivity index is 1.66. The van der Waals surface area contributed by atoms with Crippen LogP contribution in [0.1, 0.15) is 11.4 Å². The summed E-state index contributed by atoms with van der Waals surface area (Å²) in [5.74, 6) is 2.01. The third-order valence-corrected chi connectivity index (χ3v) is 4.95. The van der Waals surface area contributed by atoms with E-state index in [0.717, 1.165) is 11.3 Å². The Morgan fingerprint density at radius 3 is 2.48 bits per heavy atom. The van der Waals surface area contributed by atoms with Crippen molar-refractivity contribution >= 4 is 11.0 Å². The first-order valence-electron chi connectivity index (χ1n) is 9.34. The summed E-state index contributed by atoms with van der Waals surface area (Å²) in [6.45, 7) is 2.36. The highest BCUT2D eigenvalue weighted by atomic mass is 16.5. The van der Waals surface area contributed by atoms with Gasteiger partial charge in [-0.1, -0.05) is 24.3 Å². The summed E-state index contributed by atoms with van der Waals surface area (Å²) >= 11 is 0. The molecule has 0 saturated heterocycles. The van der Waals surface area contributed by atoms with Crippen LogP contribution >= 0.6 is 0 Å². The summed E-state index contributed by atoms with van der Waals surface area (Å²) in [6, 6.07) is 15.4. The Bertz CT molecular complexity index is 1210. The Morgan fingerprint density at radius 2 is 1.76 bits per heavy atom. The number of nitrogens with zero attached hydrogens (tertiary/aromatic N) is 4. The van der Waals surface area contributed by atoms with Gasteiger partial charge in [-0.15, -0.1) is 0 Å². The predicted molar refractivity (Wildman–Crippen MR) is 111 cm³/mol. The topological polar surface area (TPSA) is 71.2 Å². The first-order chi connectivity index (χ1) is 14.1. The molecule has 2 aromatic carbocycles. The fourth-order valence-corrected chi connectivity index (χ4v) is 3.40. The normalized spacial score (nSPS) is 11.0. The average molecular weight is 390 g/mol. The summed E-state index contributed by atoms with van der Waals surface area (Å²) in [4.78, 5) is 17.7. The standard InChI is InChI=1S/C22H22N4O3/c1-15-24-21-18(14-23-26(21)17-7-5-4-6-8-17)22(27)25(15)12-11-16-9-10-19(28-2)20(13-16)29-3/h4-10,13-14H,11-12H2,1-3H3. The molecular formula is C22H22N4O3. The summed E-state index contributed by atoms with van der Waals surface area (Å²) in [5, 5.41) is 4.89. The van der Waals surface area contributed by atoms with Gasteiger partial charge in [-0.25, -0.2) is 9.67 Å². The van der Waals surface area contributed by atoms with Crippen molar-refractivity contribution in [3.8, 4) is 17.2 Å². The third kappa shape index (κ3) is 3.47. The van der Waals surface area contributed by atoms with E-state index in [0.29, 0.717) is 41.3 Å². The van der Waals surface area contributed by atoms with Gasteiger partial charge in [-0.2, -0.15) is 5.10 Å². The quantitative estimate of drug-likeness (QED) is 0.506. The van der Waals surface area contributed by atoms with Crippen molar-refractivity contribution < 1.29 is 9.47 Å². The van der Waals surface area contributed by atoms with Crippen LogP contribution in [0.2, 0.25) is 0 Å². The molecule has 4 aromatic rings. The molecule has 0 N–H and O–H groups in total. The van der Waals surface area contributed by atoms with Crippen LogP contribution in [0, 0.1) is 6.92 Å². The number of methoxy groups -OCH3 is 2. The van der Waals surface area contributed by atoms with Crippen molar-refractivity contribution in [2.24, 2.45) is 0 Å². The van der Waals surface area contributed by atoms with Gasteiger partial charge in [0.2, 0.25) is 0 Å². The van der Waals surface area contributed by atoms with E-state index in [1.807, 2.05) is 55.5 Å². The molecular weight excluding hydrogens is 368 g/mol. The predicted octanol–water partition coefficient (Wildman–Crippen LogP) is 3.15. The molecule has 7 heteroatoms. The Hall–Kier alpha value is -3.61. The third-order valence-electron chi connectivity index (χ3n) is 4.95. The van der Waals surface area contributed by atoms with Gasteiger partial charge < -0.3 is 9.47 Å². The van der Waals surface area contributed by atoms with Crippen LogP contribution < -0.4 is 15.0 Å². The molecule has 0 atom stereocenters. The molecule has 0 bridgehead atoms. The van der Waals surface area contributed by atoms with Gasteiger partial charge in [-0.3, -0.25) is 9.36 Å². The second kappa shape index (κ2) is 7.79. The SMILES string of the molecule is COc1ccc(CCn2c(C)nc3c(cnn3-c3ccccc3)c2=O)cc1OC. The van der Waals surface area contributed by atoms with Gasteiger partial charge in [0, 0.05) is 6.54 Å². The molecule has 148 valence electrons. The van der Waals surface area contributed by atoms with Crippen molar-refractivity contribution in [2.75, 3.05) is 14.2 Å². The molecule has 0 radical (unpaired) electrons. The number of ether oxygens (including phenoxy) is 2. The zero-order valence-electron chi connectivity index (χ0n) is 16.6. The minimum Gasteiger partial charge on any atom is -0.493 e. The van der Waals surface area contributed by atoms with Gasteiger partial charge in [0.15, 0.2) is 17.1 Å². The molecule has 0 aliphatic rings. The van der Waals surface area contributed by atoms with E-state index in [1.165, 1.54) is 0 Å². The molecule has 0 aliphatic carbocycles. The minimum absolute atomic E-state index is 0.0878. The van der Waals surface area contributed by atoms with Crippen molar-refractivity contribution in [3.05, 3.63) is 76.5 Å². The fourth-order valence-electron chi connectivity index (χ4n) is 3.40. The Kier molecular flexibility index (Phi) is 5.03. The van der Waals surface area contributed by atoms with E-state index in [9.17, 15) is 4.79 Å². The highest BCUT2D eigenvalue weighted by molar-refractivity contribution is 5.75. The first kappa shape index (κ1) is 18.7. The van der Waals surface area contributed by atoms with Gasteiger partial charge in [0.25, 0.3) is 5.56 Å². The summed E-state index contributed by atoms with van der Waals surface area (Å²) in [7, 11) is 3.22. The maximum absolute atomic E-state index is 13.1. The van der Waals surface area contributed by atoms with E-state index in [2.05, 4.69) is 10.1 Å². The minimum atomic E-state index is -0.0878. The van der Waals surface area contributed by atoms with Gasteiger partial charge in [-0.05, 0) is 43.2 Å². The van der Waals surface area contributed by atoms with Crippen LogP contribution in [-0.4, -0.2) is 33.6 Å². The molecule has 0 saturated carbocycles. The number of benzene rings is 2. The van der Waals surface area contributed by atoms with Crippen molar-refractivity contribution in [3.63, 3.8) is 0 Å². The first-order valence-corrected chi connectivity index (χ1v) is 9.34. The monoisotopic (exact) mass is 390 g/mol. The van der Waals surface area contributed by atoms with Gasteiger partial charge in [0.05, 0.1) is 26.1 Å². The number of para-hydroxylation sites is 1. The zero-order chi connectivity index (χ0) is 20.4. The molecule has 0 aliphatic heterocycles. The van der Waals surface area contributed by atoms with Crippen LogP contribution in [0.25, 0.3) is 16.7 Å². The van der Waals surface area contributed by atoms with Crippen LogP contribution in [0.15, 0.2) is 59.5 Å². The van der Waals surface area contributed by atoms with Gasteiger partial charge >= 0.3 is 0 Å². The Labute approximate surface area is 168 Å². The second-order valence-electron chi connectivity index (χ2n) is 6.68. The largest absolute Gasteiger partial charge is 0.493 e. The number of aromatic nitrogens is 4. The second-order valence-corrected chi connectivity index (χ2v) is 6.68. The molecule has 2 heterocycles. The molecule has 0 amide bonds. The van der Waals surface area contributed by atoms with E-state index in [-0.39, 0.29) is 5.56 Å². The number of hydrogen-bond acceptors (Lipinski definition) is 5. The lowest BCUT2D eigenvalue weighted by Crippen LogP contribution is -2.24.